The van der Waals surface area contributed by atoms with Crippen molar-refractivity contribution < 1.29 is 13.6 Å². The van der Waals surface area contributed by atoms with Gasteiger partial charge in [0.05, 0.1) is 17.2 Å². The zero-order chi connectivity index (χ0) is 12.3. The summed E-state index contributed by atoms with van der Waals surface area (Å²) in [5.41, 5.74) is 5.93. The maximum atomic E-state index is 12.0. The minimum atomic E-state index is -2.43. The molecule has 0 aliphatic carbocycles. The summed E-state index contributed by atoms with van der Waals surface area (Å²) in [6, 6.07) is 1.49. The minimum Gasteiger partial charge on any atom is -0.397 e. The van der Waals surface area contributed by atoms with Gasteiger partial charge in [-0.2, -0.15) is 0 Å². The fourth-order valence-corrected chi connectivity index (χ4v) is 2.05. The number of thiophene rings is 1. The molecule has 0 radical (unpaired) electrons. The summed E-state index contributed by atoms with van der Waals surface area (Å²) in [5, 5.41) is 2.99. The Morgan fingerprint density at radius 1 is 1.62 bits per heavy atom. The Morgan fingerprint density at radius 2 is 2.25 bits per heavy atom. The van der Waals surface area contributed by atoms with Gasteiger partial charge in [-0.15, -0.1) is 11.3 Å². The lowest BCUT2D eigenvalue weighted by molar-refractivity contribution is 0.0833. The average Bonchev–Trinajstić information content (AvgIpc) is 2.55. The highest BCUT2D eigenvalue weighted by molar-refractivity contribution is 7.18. The lowest BCUT2D eigenvalue weighted by Gasteiger charge is -2.08. The highest BCUT2D eigenvalue weighted by atomic mass is 32.1. The molecule has 1 rings (SSSR count). The number of carbonyl (C=O) groups excluding carboxylic acids is 1. The second kappa shape index (κ2) is 5.11. The van der Waals surface area contributed by atoms with E-state index in [0.29, 0.717) is 15.6 Å². The molecule has 0 saturated carbocycles. The van der Waals surface area contributed by atoms with Crippen LogP contribution in [0.5, 0.6) is 0 Å². The summed E-state index contributed by atoms with van der Waals surface area (Å²) >= 11 is 1.08. The van der Waals surface area contributed by atoms with Crippen molar-refractivity contribution in [3.8, 4) is 0 Å². The van der Waals surface area contributed by atoms with E-state index >= 15 is 0 Å². The van der Waals surface area contributed by atoms with Crippen LogP contribution in [0.1, 0.15) is 9.67 Å². The number of nitrogen functional groups attached to an aromatic ring is 1. The Bertz CT molecular complexity index is 379. The molecule has 0 spiro atoms. The van der Waals surface area contributed by atoms with Crippen molar-refractivity contribution in [2.45, 2.75) is 6.43 Å². The summed E-state index contributed by atoms with van der Waals surface area (Å²) in [7, 11) is 3.21. The molecule has 0 unspecified atom stereocenters. The predicted molar refractivity (Wildman–Crippen MR) is 61.2 cm³/mol. The molecular formula is C9H13F2N3OS. The van der Waals surface area contributed by atoms with Crippen molar-refractivity contribution >= 4 is 27.9 Å². The lowest BCUT2D eigenvalue weighted by Crippen LogP contribution is -2.21. The van der Waals surface area contributed by atoms with Gasteiger partial charge in [0.25, 0.3) is 12.3 Å². The van der Waals surface area contributed by atoms with Gasteiger partial charge in [0, 0.05) is 14.1 Å². The SMILES string of the molecule is CN(C)C(=O)c1sc(NCC(F)F)cc1N. The molecule has 0 atom stereocenters. The predicted octanol–water partition coefficient (Wildman–Crippen LogP) is 1.71. The largest absolute Gasteiger partial charge is 0.397 e. The van der Waals surface area contributed by atoms with Crippen LogP contribution in [0.15, 0.2) is 6.07 Å². The van der Waals surface area contributed by atoms with Crippen LogP contribution < -0.4 is 11.1 Å². The van der Waals surface area contributed by atoms with Crippen LogP contribution in [0.25, 0.3) is 0 Å². The summed E-state index contributed by atoms with van der Waals surface area (Å²) in [4.78, 5) is 13.3. The Labute approximate surface area is 96.0 Å². The Kier molecular flexibility index (Phi) is 4.05. The van der Waals surface area contributed by atoms with Gasteiger partial charge in [-0.05, 0) is 6.07 Å². The normalized spacial score (nSPS) is 10.6. The highest BCUT2D eigenvalue weighted by Gasteiger charge is 2.16. The number of alkyl halides is 2. The van der Waals surface area contributed by atoms with Crippen molar-refractivity contribution in [1.29, 1.82) is 0 Å². The van der Waals surface area contributed by atoms with E-state index in [1.807, 2.05) is 0 Å². The molecule has 0 bridgehead atoms. The van der Waals surface area contributed by atoms with Crippen molar-refractivity contribution in [2.24, 2.45) is 0 Å². The third-order valence-corrected chi connectivity index (χ3v) is 2.89. The molecule has 0 aliphatic heterocycles. The fraction of sp³-hybridized carbons (Fsp3) is 0.444. The van der Waals surface area contributed by atoms with Gasteiger partial charge < -0.3 is 16.0 Å². The van der Waals surface area contributed by atoms with Crippen molar-refractivity contribution in [1.82, 2.24) is 4.90 Å². The number of rotatable bonds is 4. The van der Waals surface area contributed by atoms with Gasteiger partial charge in [0.2, 0.25) is 0 Å². The number of anilines is 2. The van der Waals surface area contributed by atoms with E-state index in [1.165, 1.54) is 11.0 Å². The minimum absolute atomic E-state index is 0.229. The lowest BCUT2D eigenvalue weighted by atomic mass is 10.3. The first-order chi connectivity index (χ1) is 7.41. The van der Waals surface area contributed by atoms with Gasteiger partial charge in [0.1, 0.15) is 4.88 Å². The Balaban J connectivity index is 2.78. The zero-order valence-corrected chi connectivity index (χ0v) is 9.78. The second-order valence-corrected chi connectivity index (χ2v) is 4.42. The first-order valence-electron chi connectivity index (χ1n) is 4.54. The zero-order valence-electron chi connectivity index (χ0n) is 8.96. The smallest absolute Gasteiger partial charge is 0.265 e. The Hall–Kier alpha value is -1.37. The van der Waals surface area contributed by atoms with E-state index in [2.05, 4.69) is 5.32 Å². The molecule has 0 aromatic carbocycles. The van der Waals surface area contributed by atoms with E-state index in [1.54, 1.807) is 14.1 Å². The maximum absolute atomic E-state index is 12.0. The molecule has 0 saturated heterocycles. The van der Waals surface area contributed by atoms with Gasteiger partial charge in [-0.1, -0.05) is 0 Å². The molecule has 3 N–H and O–H groups in total. The van der Waals surface area contributed by atoms with Crippen LogP contribution in [-0.4, -0.2) is 37.9 Å². The number of amides is 1. The van der Waals surface area contributed by atoms with E-state index in [-0.39, 0.29) is 5.91 Å². The third-order valence-electron chi connectivity index (χ3n) is 1.79. The van der Waals surface area contributed by atoms with E-state index in [9.17, 15) is 13.6 Å². The highest BCUT2D eigenvalue weighted by Crippen LogP contribution is 2.29. The van der Waals surface area contributed by atoms with Gasteiger partial charge in [-0.3, -0.25) is 4.79 Å². The van der Waals surface area contributed by atoms with Crippen LogP contribution in [0, 0.1) is 0 Å². The topological polar surface area (TPSA) is 58.4 Å². The standard InChI is InChI=1S/C9H13F2N3OS/c1-14(2)9(15)8-5(12)3-7(16-8)13-4-6(10)11/h3,6,13H,4,12H2,1-2H3. The van der Waals surface area contributed by atoms with Crippen molar-refractivity contribution in [2.75, 3.05) is 31.7 Å². The molecule has 1 aromatic rings. The average molecular weight is 249 g/mol. The van der Waals surface area contributed by atoms with Gasteiger partial charge in [0.15, 0.2) is 0 Å². The molecule has 16 heavy (non-hydrogen) atoms. The third kappa shape index (κ3) is 3.06. The molecule has 1 heterocycles. The number of nitrogens with two attached hydrogens (primary N) is 1. The van der Waals surface area contributed by atoms with Crippen LogP contribution >= 0.6 is 11.3 Å². The summed E-state index contributed by atoms with van der Waals surface area (Å²) < 4.78 is 23.9. The van der Waals surface area contributed by atoms with Gasteiger partial charge >= 0.3 is 0 Å². The Morgan fingerprint density at radius 3 is 2.75 bits per heavy atom. The van der Waals surface area contributed by atoms with Crippen LogP contribution in [0.3, 0.4) is 0 Å². The second-order valence-electron chi connectivity index (χ2n) is 3.37. The van der Waals surface area contributed by atoms with Crippen molar-refractivity contribution in [3.63, 3.8) is 0 Å². The van der Waals surface area contributed by atoms with Crippen LogP contribution in [0.4, 0.5) is 19.5 Å². The first-order valence-corrected chi connectivity index (χ1v) is 5.36. The molecule has 1 aromatic heterocycles. The fourth-order valence-electron chi connectivity index (χ4n) is 1.04. The monoisotopic (exact) mass is 249 g/mol. The molecule has 0 aliphatic rings. The molecule has 0 fully saturated rings. The van der Waals surface area contributed by atoms with Crippen LogP contribution in [0.2, 0.25) is 0 Å². The van der Waals surface area contributed by atoms with Crippen molar-refractivity contribution in [3.05, 3.63) is 10.9 Å². The summed E-state index contributed by atoms with van der Waals surface area (Å²) in [5.74, 6) is -0.229. The molecule has 7 heteroatoms. The van der Waals surface area contributed by atoms with E-state index < -0.39 is 13.0 Å². The van der Waals surface area contributed by atoms with E-state index in [4.69, 9.17) is 5.73 Å². The van der Waals surface area contributed by atoms with Gasteiger partial charge in [-0.25, -0.2) is 8.78 Å². The van der Waals surface area contributed by atoms with Crippen LogP contribution in [-0.2, 0) is 0 Å². The van der Waals surface area contributed by atoms with E-state index in [0.717, 1.165) is 11.3 Å². The molecular weight excluding hydrogens is 236 g/mol. The number of nitrogens with one attached hydrogen (secondary N) is 1. The molecule has 90 valence electrons. The molecule has 1 amide bonds. The number of carbonyl (C=O) groups is 1. The quantitative estimate of drug-likeness (QED) is 0.854. The number of halogens is 2. The maximum Gasteiger partial charge on any atom is 0.265 e. The summed E-state index contributed by atoms with van der Waals surface area (Å²) in [6.07, 6.45) is -2.43. The number of hydrogen-bond acceptors (Lipinski definition) is 4. The number of hydrogen-bond donors (Lipinski definition) is 2. The number of nitrogens with zero attached hydrogens (tertiary/aromatic N) is 1. The molecule has 4 nitrogen and oxygen atoms in total. The summed E-state index contributed by atoms with van der Waals surface area (Å²) in [6.45, 7) is -0.449. The first kappa shape index (κ1) is 12.7.